The van der Waals surface area contributed by atoms with Crippen molar-refractivity contribution in [2.45, 2.75) is 11.3 Å². The summed E-state index contributed by atoms with van der Waals surface area (Å²) in [6.07, 6.45) is 0.537. The third-order valence-electron chi connectivity index (χ3n) is 1.77. The van der Waals surface area contributed by atoms with Gasteiger partial charge in [-0.3, -0.25) is 0 Å². The minimum atomic E-state index is -3.60. The molecule has 0 bridgehead atoms. The van der Waals surface area contributed by atoms with Crippen molar-refractivity contribution < 1.29 is 18.3 Å². The molecule has 1 heterocycles. The minimum absolute atomic E-state index is 0.000741. The monoisotopic (exact) mass is 264 g/mol. The molecular formula is C8H12N2O4S2. The number of nitrogens with one attached hydrogen (secondary N) is 1. The molecule has 1 rings (SSSR count). The third kappa shape index (κ3) is 3.27. The second kappa shape index (κ2) is 5.39. The number of rotatable bonds is 6. The number of thiophene rings is 1. The summed E-state index contributed by atoms with van der Waals surface area (Å²) in [4.78, 5) is 10.6. The first-order chi connectivity index (χ1) is 7.47. The van der Waals surface area contributed by atoms with E-state index in [2.05, 4.69) is 4.72 Å². The quantitative estimate of drug-likeness (QED) is 0.630. The maximum atomic E-state index is 11.6. The molecule has 0 aliphatic heterocycles. The lowest BCUT2D eigenvalue weighted by molar-refractivity contribution is 0.0702. The smallest absolute Gasteiger partial charge is 0.345 e. The first-order valence-corrected chi connectivity index (χ1v) is 6.85. The van der Waals surface area contributed by atoms with Crippen LogP contribution in [0.2, 0.25) is 0 Å². The Kier molecular flexibility index (Phi) is 4.42. The maximum absolute atomic E-state index is 11.6. The van der Waals surface area contributed by atoms with Gasteiger partial charge in [-0.1, -0.05) is 0 Å². The summed E-state index contributed by atoms with van der Waals surface area (Å²) < 4.78 is 25.5. The molecule has 90 valence electrons. The highest BCUT2D eigenvalue weighted by molar-refractivity contribution is 7.89. The summed E-state index contributed by atoms with van der Waals surface area (Å²) in [5.74, 6) is -1.13. The van der Waals surface area contributed by atoms with Crippen LogP contribution in [0.4, 0.5) is 0 Å². The fraction of sp³-hybridized carbons (Fsp3) is 0.375. The standard InChI is InChI=1S/C8H12N2O4S2/c9-2-1-3-10-16(13,14)6-4-7(8(11)12)15-5-6/h4-5,10H,1-3,9H2,(H,11,12). The molecule has 0 unspecified atom stereocenters. The number of carboxylic acids is 1. The first kappa shape index (κ1) is 13.1. The predicted octanol–water partition coefficient (Wildman–Crippen LogP) is 0.0734. The first-order valence-electron chi connectivity index (χ1n) is 4.49. The van der Waals surface area contributed by atoms with Crippen LogP contribution in [-0.2, 0) is 10.0 Å². The maximum Gasteiger partial charge on any atom is 0.345 e. The zero-order valence-corrected chi connectivity index (χ0v) is 9.97. The Balaban J connectivity index is 2.78. The molecule has 8 heteroatoms. The van der Waals surface area contributed by atoms with Gasteiger partial charge in [0.05, 0.1) is 4.90 Å². The molecule has 6 nitrogen and oxygen atoms in total. The van der Waals surface area contributed by atoms with E-state index in [0.29, 0.717) is 13.0 Å². The van der Waals surface area contributed by atoms with E-state index in [-0.39, 0.29) is 16.3 Å². The topological polar surface area (TPSA) is 109 Å². The van der Waals surface area contributed by atoms with Crippen molar-refractivity contribution >= 4 is 27.3 Å². The van der Waals surface area contributed by atoms with E-state index in [4.69, 9.17) is 10.8 Å². The van der Waals surface area contributed by atoms with Crippen molar-refractivity contribution in [3.05, 3.63) is 16.3 Å². The Labute approximate surface area is 97.1 Å². The number of hydrogen-bond acceptors (Lipinski definition) is 5. The largest absolute Gasteiger partial charge is 0.477 e. The molecular weight excluding hydrogens is 252 g/mol. The van der Waals surface area contributed by atoms with Gasteiger partial charge < -0.3 is 10.8 Å². The van der Waals surface area contributed by atoms with E-state index < -0.39 is 16.0 Å². The Hall–Kier alpha value is -0.960. The zero-order valence-electron chi connectivity index (χ0n) is 8.34. The summed E-state index contributed by atoms with van der Waals surface area (Å²) >= 11 is 0.880. The molecule has 0 aliphatic rings. The highest BCUT2D eigenvalue weighted by Crippen LogP contribution is 2.18. The molecule has 4 N–H and O–H groups in total. The average Bonchev–Trinajstić information content (AvgIpc) is 2.67. The molecule has 1 aromatic rings. The van der Waals surface area contributed by atoms with Crippen molar-refractivity contribution in [1.29, 1.82) is 0 Å². The fourth-order valence-electron chi connectivity index (χ4n) is 0.964. The lowest BCUT2D eigenvalue weighted by atomic mass is 10.4. The number of carbonyl (C=O) groups is 1. The molecule has 0 saturated carbocycles. The summed E-state index contributed by atoms with van der Waals surface area (Å²) in [6.45, 7) is 0.642. The van der Waals surface area contributed by atoms with Gasteiger partial charge in [0, 0.05) is 11.9 Å². The second-order valence-corrected chi connectivity index (χ2v) is 5.67. The van der Waals surface area contributed by atoms with Crippen LogP contribution in [0.15, 0.2) is 16.3 Å². The fourth-order valence-corrected chi connectivity index (χ4v) is 3.15. The molecule has 0 spiro atoms. The van der Waals surface area contributed by atoms with Gasteiger partial charge in [-0.05, 0) is 19.0 Å². The van der Waals surface area contributed by atoms with Crippen LogP contribution in [0, 0.1) is 0 Å². The molecule has 0 radical (unpaired) electrons. The molecule has 0 amide bonds. The summed E-state index contributed by atoms with van der Waals surface area (Å²) in [5, 5.41) is 9.96. The lowest BCUT2D eigenvalue weighted by Crippen LogP contribution is -2.25. The van der Waals surface area contributed by atoms with Gasteiger partial charge in [0.25, 0.3) is 0 Å². The Morgan fingerprint density at radius 3 is 2.75 bits per heavy atom. The van der Waals surface area contributed by atoms with Gasteiger partial charge in [0.1, 0.15) is 4.88 Å². The molecule has 0 atom stereocenters. The number of aromatic carboxylic acids is 1. The SMILES string of the molecule is NCCCNS(=O)(=O)c1csc(C(=O)O)c1. The average molecular weight is 264 g/mol. The Morgan fingerprint density at radius 1 is 1.56 bits per heavy atom. The van der Waals surface area contributed by atoms with Crippen LogP contribution in [0.25, 0.3) is 0 Å². The van der Waals surface area contributed by atoms with Crippen molar-refractivity contribution in [1.82, 2.24) is 4.72 Å². The summed E-state index contributed by atoms with van der Waals surface area (Å²) in [6, 6.07) is 1.14. The molecule has 0 fully saturated rings. The van der Waals surface area contributed by atoms with Crippen molar-refractivity contribution in [3.63, 3.8) is 0 Å². The minimum Gasteiger partial charge on any atom is -0.477 e. The molecule has 0 aromatic carbocycles. The molecule has 1 aromatic heterocycles. The van der Waals surface area contributed by atoms with E-state index in [1.54, 1.807) is 0 Å². The Bertz CT molecular complexity index is 466. The number of nitrogens with two attached hydrogens (primary N) is 1. The van der Waals surface area contributed by atoms with E-state index in [0.717, 1.165) is 17.4 Å². The van der Waals surface area contributed by atoms with Crippen LogP contribution in [0.1, 0.15) is 16.1 Å². The number of carboxylic acid groups (broad SMARTS) is 1. The molecule has 0 aliphatic carbocycles. The Morgan fingerprint density at radius 2 is 2.25 bits per heavy atom. The molecule has 16 heavy (non-hydrogen) atoms. The summed E-state index contributed by atoms with van der Waals surface area (Å²) in [7, 11) is -3.60. The van der Waals surface area contributed by atoms with Crippen LogP contribution in [-0.4, -0.2) is 32.6 Å². The number of sulfonamides is 1. The normalized spacial score (nSPS) is 11.6. The second-order valence-electron chi connectivity index (χ2n) is 2.99. The third-order valence-corrected chi connectivity index (χ3v) is 4.28. The highest BCUT2D eigenvalue weighted by Gasteiger charge is 2.17. The van der Waals surface area contributed by atoms with Crippen molar-refractivity contribution in [2.24, 2.45) is 5.73 Å². The number of hydrogen-bond donors (Lipinski definition) is 3. The van der Waals surface area contributed by atoms with Gasteiger partial charge in [-0.2, -0.15) is 0 Å². The van der Waals surface area contributed by atoms with Gasteiger partial charge in [0.15, 0.2) is 0 Å². The van der Waals surface area contributed by atoms with Gasteiger partial charge >= 0.3 is 5.97 Å². The van der Waals surface area contributed by atoms with E-state index in [1.165, 1.54) is 5.38 Å². The molecule has 0 saturated heterocycles. The van der Waals surface area contributed by atoms with Crippen LogP contribution in [0.3, 0.4) is 0 Å². The van der Waals surface area contributed by atoms with Gasteiger partial charge in [-0.25, -0.2) is 17.9 Å². The van der Waals surface area contributed by atoms with Gasteiger partial charge in [-0.15, -0.1) is 11.3 Å². The van der Waals surface area contributed by atoms with E-state index in [9.17, 15) is 13.2 Å². The van der Waals surface area contributed by atoms with Crippen molar-refractivity contribution in [2.75, 3.05) is 13.1 Å². The van der Waals surface area contributed by atoms with Crippen LogP contribution in [0.5, 0.6) is 0 Å². The zero-order chi connectivity index (χ0) is 12.2. The van der Waals surface area contributed by atoms with Gasteiger partial charge in [0.2, 0.25) is 10.0 Å². The van der Waals surface area contributed by atoms with Crippen LogP contribution >= 0.6 is 11.3 Å². The highest BCUT2D eigenvalue weighted by atomic mass is 32.2. The summed E-state index contributed by atoms with van der Waals surface area (Å²) in [5.41, 5.74) is 5.23. The van der Waals surface area contributed by atoms with Crippen LogP contribution < -0.4 is 10.5 Å². The predicted molar refractivity (Wildman–Crippen MR) is 60.1 cm³/mol. The van der Waals surface area contributed by atoms with Crippen molar-refractivity contribution in [3.8, 4) is 0 Å². The van der Waals surface area contributed by atoms with E-state index in [1.807, 2.05) is 0 Å². The van der Waals surface area contributed by atoms with E-state index >= 15 is 0 Å². The lowest BCUT2D eigenvalue weighted by Gasteiger charge is -2.02.